The smallest absolute Gasteiger partial charge is 0.286 e. The Balaban J connectivity index is 1.80. The van der Waals surface area contributed by atoms with Crippen LogP contribution in [0.25, 0.3) is 0 Å². The number of nitrogens with zero attached hydrogens (tertiary/aromatic N) is 2. The lowest BCUT2D eigenvalue weighted by atomic mass is 9.83. The number of hydrogen-bond acceptors (Lipinski definition) is 2. The van der Waals surface area contributed by atoms with Gasteiger partial charge < -0.3 is 0 Å². The van der Waals surface area contributed by atoms with Crippen molar-refractivity contribution in [2.75, 3.05) is 9.80 Å². The molecule has 0 bridgehead atoms. The van der Waals surface area contributed by atoms with Crippen molar-refractivity contribution in [3.05, 3.63) is 93.0 Å². The summed E-state index contributed by atoms with van der Waals surface area (Å²) in [5, 5.41) is 0. The molecule has 2 aliphatic rings. The summed E-state index contributed by atoms with van der Waals surface area (Å²) >= 11 is 0. The highest BCUT2D eigenvalue weighted by Gasteiger charge is 2.72. The van der Waals surface area contributed by atoms with Gasteiger partial charge in [-0.2, -0.15) is 13.2 Å². The highest BCUT2D eigenvalue weighted by atomic mass is 19.4. The van der Waals surface area contributed by atoms with Crippen molar-refractivity contribution in [2.45, 2.75) is 79.6 Å². The standard InChI is InChI=1S/C33H35F3N2O2/c1-18-13-20(3)27(21(4)14-18)37-29(39)31(7,8)30(40)38(28-22(5)15-19(2)16-23(28)6)32(37)17-26(32)24-9-11-25(12-10-24)33(34,35)36/h9-16,26H,17H2,1-8H3. The Hall–Kier alpha value is -3.61. The van der Waals surface area contributed by atoms with Gasteiger partial charge in [-0.15, -0.1) is 0 Å². The Kier molecular flexibility index (Phi) is 6.25. The molecule has 5 rings (SSSR count). The third kappa shape index (κ3) is 4.04. The second-order valence-electron chi connectivity index (χ2n) is 12.2. The van der Waals surface area contributed by atoms with E-state index in [4.69, 9.17) is 0 Å². The maximum Gasteiger partial charge on any atom is 0.416 e. The predicted octanol–water partition coefficient (Wildman–Crippen LogP) is 7.85. The van der Waals surface area contributed by atoms with Crippen LogP contribution in [0.1, 0.15) is 70.7 Å². The quantitative estimate of drug-likeness (QED) is 0.313. The number of halogens is 3. The molecule has 1 aliphatic heterocycles. The topological polar surface area (TPSA) is 40.6 Å². The van der Waals surface area contributed by atoms with Crippen molar-refractivity contribution in [1.29, 1.82) is 0 Å². The van der Waals surface area contributed by atoms with Crippen molar-refractivity contribution in [3.8, 4) is 0 Å². The fraction of sp³-hybridized carbons (Fsp3) is 0.394. The molecule has 1 aliphatic carbocycles. The SMILES string of the molecule is Cc1cc(C)c(N2C(=O)C(C)(C)C(=O)N(c3c(C)cc(C)cc3C)C23CC3c2ccc(C(F)(F)F)cc2)c(C)c1. The first-order chi connectivity index (χ1) is 18.5. The van der Waals surface area contributed by atoms with Crippen LogP contribution >= 0.6 is 0 Å². The average molecular weight is 549 g/mol. The van der Waals surface area contributed by atoms with Crippen molar-refractivity contribution >= 4 is 23.2 Å². The molecule has 0 aromatic heterocycles. The molecule has 7 heteroatoms. The summed E-state index contributed by atoms with van der Waals surface area (Å²) in [5.74, 6) is -0.986. The molecule has 0 N–H and O–H groups in total. The minimum atomic E-state index is -4.45. The Bertz CT molecular complexity index is 1430. The first-order valence-corrected chi connectivity index (χ1v) is 13.5. The zero-order valence-corrected chi connectivity index (χ0v) is 24.2. The maximum atomic E-state index is 14.4. The number of hydrogen-bond donors (Lipinski definition) is 0. The van der Waals surface area contributed by atoms with E-state index < -0.39 is 22.8 Å². The van der Waals surface area contributed by atoms with Crippen LogP contribution in [0.15, 0.2) is 48.5 Å². The van der Waals surface area contributed by atoms with Gasteiger partial charge in [0.15, 0.2) is 0 Å². The molecule has 1 saturated heterocycles. The van der Waals surface area contributed by atoms with Crippen LogP contribution in [-0.4, -0.2) is 17.5 Å². The summed E-state index contributed by atoms with van der Waals surface area (Å²) in [6.07, 6.45) is -4.05. The van der Waals surface area contributed by atoms with Gasteiger partial charge in [0.25, 0.3) is 0 Å². The number of rotatable bonds is 3. The van der Waals surface area contributed by atoms with E-state index in [0.717, 1.165) is 56.9 Å². The number of aryl methyl sites for hydroxylation is 6. The normalized spacial score (nSPS) is 19.9. The molecular formula is C33H35F3N2O2. The van der Waals surface area contributed by atoms with Crippen LogP contribution in [0, 0.1) is 47.0 Å². The van der Waals surface area contributed by atoms with E-state index in [0.29, 0.717) is 12.0 Å². The molecule has 0 radical (unpaired) electrons. The Morgan fingerprint density at radius 2 is 1.07 bits per heavy atom. The molecule has 1 unspecified atom stereocenters. The third-order valence-corrected chi connectivity index (χ3v) is 8.51. The average Bonchev–Trinajstić information content (AvgIpc) is 3.57. The third-order valence-electron chi connectivity index (χ3n) is 8.51. The number of amides is 2. The van der Waals surface area contributed by atoms with Crippen molar-refractivity contribution in [1.82, 2.24) is 0 Å². The molecule has 210 valence electrons. The molecule has 3 aromatic carbocycles. The summed E-state index contributed by atoms with van der Waals surface area (Å²) < 4.78 is 40.1. The zero-order valence-electron chi connectivity index (χ0n) is 24.2. The molecule has 3 aromatic rings. The largest absolute Gasteiger partial charge is 0.416 e. The number of alkyl halides is 3. The van der Waals surface area contributed by atoms with Crippen molar-refractivity contribution in [3.63, 3.8) is 0 Å². The Morgan fingerprint density at radius 3 is 1.43 bits per heavy atom. The second-order valence-corrected chi connectivity index (χ2v) is 12.2. The molecule has 4 nitrogen and oxygen atoms in total. The lowest BCUT2D eigenvalue weighted by Gasteiger charge is -2.52. The fourth-order valence-electron chi connectivity index (χ4n) is 6.77. The molecule has 40 heavy (non-hydrogen) atoms. The first kappa shape index (κ1) is 27.9. The van der Waals surface area contributed by atoms with E-state index in [-0.39, 0.29) is 17.7 Å². The van der Waals surface area contributed by atoms with Crippen LogP contribution in [0.2, 0.25) is 0 Å². The Labute approximate surface area is 233 Å². The minimum absolute atomic E-state index is 0.305. The van der Waals surface area contributed by atoms with Crippen LogP contribution in [0.4, 0.5) is 24.5 Å². The summed E-state index contributed by atoms with van der Waals surface area (Å²) in [4.78, 5) is 32.4. The van der Waals surface area contributed by atoms with E-state index in [1.54, 1.807) is 23.6 Å². The summed E-state index contributed by atoms with van der Waals surface area (Å²) in [6.45, 7) is 15.2. The van der Waals surface area contributed by atoms with Crippen molar-refractivity contribution in [2.24, 2.45) is 5.41 Å². The molecule has 2 fully saturated rings. The van der Waals surface area contributed by atoms with Gasteiger partial charge >= 0.3 is 6.18 Å². The highest BCUT2D eigenvalue weighted by Crippen LogP contribution is 2.64. The van der Waals surface area contributed by atoms with Gasteiger partial charge in [0.2, 0.25) is 11.8 Å². The lowest BCUT2D eigenvalue weighted by Crippen LogP contribution is -2.69. The van der Waals surface area contributed by atoms with Gasteiger partial charge in [0.05, 0.1) is 16.9 Å². The summed E-state index contributed by atoms with van der Waals surface area (Å²) in [5.41, 5.74) is 4.73. The summed E-state index contributed by atoms with van der Waals surface area (Å²) in [6, 6.07) is 13.2. The van der Waals surface area contributed by atoms with Gasteiger partial charge in [0, 0.05) is 12.3 Å². The molecular weight excluding hydrogens is 513 g/mol. The number of carbonyl (C=O) groups is 2. The molecule has 1 atom stereocenters. The zero-order chi connectivity index (χ0) is 29.5. The van der Waals surface area contributed by atoms with Crippen LogP contribution < -0.4 is 9.80 Å². The molecule has 2 amide bonds. The van der Waals surface area contributed by atoms with Gasteiger partial charge in [0.1, 0.15) is 11.1 Å². The van der Waals surface area contributed by atoms with Gasteiger partial charge in [-0.05, 0) is 95.3 Å². The Morgan fingerprint density at radius 1 is 0.700 bits per heavy atom. The summed E-state index contributed by atoms with van der Waals surface area (Å²) in [7, 11) is 0. The second kappa shape index (κ2) is 8.95. The lowest BCUT2D eigenvalue weighted by molar-refractivity contribution is -0.142. The monoisotopic (exact) mass is 548 g/mol. The molecule has 1 heterocycles. The van der Waals surface area contributed by atoms with Gasteiger partial charge in [-0.25, -0.2) is 0 Å². The number of carbonyl (C=O) groups excluding carboxylic acids is 2. The predicted molar refractivity (Wildman–Crippen MR) is 152 cm³/mol. The molecule has 1 spiro atoms. The highest BCUT2D eigenvalue weighted by molar-refractivity contribution is 6.22. The van der Waals surface area contributed by atoms with Crippen LogP contribution in [0.3, 0.4) is 0 Å². The first-order valence-electron chi connectivity index (χ1n) is 13.5. The van der Waals surface area contributed by atoms with Crippen LogP contribution in [0.5, 0.6) is 0 Å². The van der Waals surface area contributed by atoms with Crippen LogP contribution in [-0.2, 0) is 15.8 Å². The van der Waals surface area contributed by atoms with E-state index in [9.17, 15) is 22.8 Å². The fourth-order valence-corrected chi connectivity index (χ4v) is 6.77. The van der Waals surface area contributed by atoms with Crippen molar-refractivity contribution < 1.29 is 22.8 Å². The number of benzene rings is 3. The molecule has 1 saturated carbocycles. The van der Waals surface area contributed by atoms with E-state index in [1.165, 1.54) is 12.1 Å². The van der Waals surface area contributed by atoms with Gasteiger partial charge in [-0.1, -0.05) is 47.5 Å². The van der Waals surface area contributed by atoms with E-state index >= 15 is 0 Å². The van der Waals surface area contributed by atoms with Gasteiger partial charge in [-0.3, -0.25) is 19.4 Å². The van der Waals surface area contributed by atoms with E-state index in [2.05, 4.69) is 0 Å². The van der Waals surface area contributed by atoms with E-state index in [1.807, 2.05) is 65.8 Å². The minimum Gasteiger partial charge on any atom is -0.286 e. The maximum absolute atomic E-state index is 14.4. The number of anilines is 2.